The highest BCUT2D eigenvalue weighted by molar-refractivity contribution is 5.75. The molecule has 0 radical (unpaired) electrons. The summed E-state index contributed by atoms with van der Waals surface area (Å²) in [7, 11) is 1.97. The number of aromatic nitrogens is 3. The molecule has 0 aliphatic rings. The fourth-order valence-corrected chi connectivity index (χ4v) is 3.15. The molecule has 0 aromatic carbocycles. The number of carbonyl (C=O) groups excluding carboxylic acids is 1. The van der Waals surface area contributed by atoms with Crippen LogP contribution in [0.25, 0.3) is 0 Å². The minimum Gasteiger partial charge on any atom is -0.375 e. The zero-order valence-electron chi connectivity index (χ0n) is 20.7. The van der Waals surface area contributed by atoms with Gasteiger partial charge < -0.3 is 20.7 Å². The molecule has 8 heteroatoms. The lowest BCUT2D eigenvalue weighted by atomic mass is 10.0. The molecule has 0 unspecified atom stereocenters. The van der Waals surface area contributed by atoms with Crippen LogP contribution < -0.4 is 16.0 Å². The van der Waals surface area contributed by atoms with Crippen LogP contribution >= 0.6 is 0 Å². The van der Waals surface area contributed by atoms with Crippen molar-refractivity contribution >= 4 is 5.91 Å². The van der Waals surface area contributed by atoms with Gasteiger partial charge in [-0.25, -0.2) is 4.68 Å². The summed E-state index contributed by atoms with van der Waals surface area (Å²) in [5.41, 5.74) is 0.555. The number of amides is 1. The molecule has 0 spiro atoms. The first-order valence-corrected chi connectivity index (χ1v) is 11.9. The Kier molecular flexibility index (Phi) is 12.9. The molecular formula is C23H46N6O2. The Balaban J connectivity index is 2.22. The SMILES string of the molecule is CCCNCCCCCCNC(=O)Cn1cc(CC(C)(C)OCCC(C)(C)NC)nn1. The first-order chi connectivity index (χ1) is 14.7. The Labute approximate surface area is 189 Å². The third-order valence-corrected chi connectivity index (χ3v) is 5.42. The molecule has 1 amide bonds. The quantitative estimate of drug-likeness (QED) is 0.305. The van der Waals surface area contributed by atoms with E-state index in [0.717, 1.165) is 38.0 Å². The van der Waals surface area contributed by atoms with Crippen molar-refractivity contribution in [1.29, 1.82) is 0 Å². The minimum absolute atomic E-state index is 0.0223. The molecule has 0 aliphatic carbocycles. The van der Waals surface area contributed by atoms with Crippen molar-refractivity contribution in [2.24, 2.45) is 0 Å². The number of unbranched alkanes of at least 4 members (excludes halogenated alkanes) is 3. The standard InChI is InChI=1S/C23H46N6O2/c1-7-13-25-14-10-8-9-11-15-26-21(30)19-29-18-20(27-28-29)17-23(4,5)31-16-12-22(2,3)24-6/h18,24-25H,7-17,19H2,1-6H3,(H,26,30). The van der Waals surface area contributed by atoms with E-state index in [4.69, 9.17) is 4.74 Å². The average molecular weight is 439 g/mol. The highest BCUT2D eigenvalue weighted by Crippen LogP contribution is 2.17. The molecule has 0 saturated carbocycles. The molecular weight excluding hydrogens is 392 g/mol. The Morgan fingerprint density at radius 1 is 1.10 bits per heavy atom. The average Bonchev–Trinajstić information content (AvgIpc) is 3.12. The number of ether oxygens (including phenoxy) is 1. The molecule has 0 bridgehead atoms. The molecule has 180 valence electrons. The van der Waals surface area contributed by atoms with Crippen LogP contribution in [0.4, 0.5) is 0 Å². The van der Waals surface area contributed by atoms with Gasteiger partial charge in [0.25, 0.3) is 0 Å². The van der Waals surface area contributed by atoms with Crippen LogP contribution in [0.5, 0.6) is 0 Å². The number of rotatable bonds is 18. The van der Waals surface area contributed by atoms with E-state index in [0.29, 0.717) is 19.6 Å². The lowest BCUT2D eigenvalue weighted by Crippen LogP contribution is -2.38. The topological polar surface area (TPSA) is 93.1 Å². The molecule has 3 N–H and O–H groups in total. The van der Waals surface area contributed by atoms with Gasteiger partial charge in [0, 0.05) is 31.3 Å². The number of nitrogens with zero attached hydrogens (tertiary/aromatic N) is 3. The van der Waals surface area contributed by atoms with Gasteiger partial charge in [0.05, 0.1) is 11.3 Å². The molecule has 0 aliphatic heterocycles. The second-order valence-corrected chi connectivity index (χ2v) is 9.59. The van der Waals surface area contributed by atoms with Crippen molar-refractivity contribution in [1.82, 2.24) is 30.9 Å². The summed E-state index contributed by atoms with van der Waals surface area (Å²) < 4.78 is 7.68. The highest BCUT2D eigenvalue weighted by Gasteiger charge is 2.23. The number of hydrogen-bond donors (Lipinski definition) is 3. The van der Waals surface area contributed by atoms with Crippen molar-refractivity contribution in [3.63, 3.8) is 0 Å². The molecule has 8 nitrogen and oxygen atoms in total. The van der Waals surface area contributed by atoms with E-state index in [1.807, 2.05) is 13.2 Å². The van der Waals surface area contributed by atoms with Crippen molar-refractivity contribution in [2.45, 2.75) is 97.2 Å². The van der Waals surface area contributed by atoms with Crippen LogP contribution in [-0.4, -0.2) is 65.3 Å². The Morgan fingerprint density at radius 2 is 1.81 bits per heavy atom. The highest BCUT2D eigenvalue weighted by atomic mass is 16.5. The minimum atomic E-state index is -0.334. The predicted molar refractivity (Wildman–Crippen MR) is 126 cm³/mol. The third-order valence-electron chi connectivity index (χ3n) is 5.42. The van der Waals surface area contributed by atoms with Crippen LogP contribution in [0, 0.1) is 0 Å². The summed E-state index contributed by atoms with van der Waals surface area (Å²) in [6.45, 7) is 14.4. The van der Waals surface area contributed by atoms with Gasteiger partial charge >= 0.3 is 0 Å². The molecule has 31 heavy (non-hydrogen) atoms. The Morgan fingerprint density at radius 3 is 2.48 bits per heavy atom. The number of carbonyl (C=O) groups is 1. The molecule has 1 rings (SSSR count). The Hall–Kier alpha value is -1.51. The summed E-state index contributed by atoms with van der Waals surface area (Å²) in [6, 6.07) is 0. The lowest BCUT2D eigenvalue weighted by Gasteiger charge is -2.28. The normalized spacial score (nSPS) is 12.3. The van der Waals surface area contributed by atoms with Gasteiger partial charge in [0.2, 0.25) is 5.91 Å². The molecule has 1 aromatic rings. The van der Waals surface area contributed by atoms with Crippen molar-refractivity contribution in [2.75, 3.05) is 33.3 Å². The van der Waals surface area contributed by atoms with Crippen LogP contribution in [0.2, 0.25) is 0 Å². The Bertz CT molecular complexity index is 615. The largest absolute Gasteiger partial charge is 0.375 e. The maximum Gasteiger partial charge on any atom is 0.241 e. The van der Waals surface area contributed by atoms with Gasteiger partial charge in [-0.3, -0.25) is 4.79 Å². The van der Waals surface area contributed by atoms with E-state index >= 15 is 0 Å². The predicted octanol–water partition coefficient (Wildman–Crippen LogP) is 2.68. The second-order valence-electron chi connectivity index (χ2n) is 9.59. The summed E-state index contributed by atoms with van der Waals surface area (Å²) in [5.74, 6) is -0.0223. The van der Waals surface area contributed by atoms with E-state index in [1.54, 1.807) is 4.68 Å². The van der Waals surface area contributed by atoms with Gasteiger partial charge in [0.15, 0.2) is 0 Å². The molecule has 1 heterocycles. The van der Waals surface area contributed by atoms with Crippen molar-refractivity contribution in [3.05, 3.63) is 11.9 Å². The first kappa shape index (κ1) is 27.5. The molecule has 0 saturated heterocycles. The van der Waals surface area contributed by atoms with E-state index in [-0.39, 0.29) is 23.6 Å². The summed E-state index contributed by atoms with van der Waals surface area (Å²) in [5, 5.41) is 18.0. The molecule has 1 aromatic heterocycles. The first-order valence-electron chi connectivity index (χ1n) is 11.9. The molecule has 0 fully saturated rings. The van der Waals surface area contributed by atoms with Crippen LogP contribution in [0.3, 0.4) is 0 Å². The van der Waals surface area contributed by atoms with Crippen LogP contribution in [-0.2, 0) is 22.5 Å². The fraction of sp³-hybridized carbons (Fsp3) is 0.870. The van der Waals surface area contributed by atoms with E-state index in [2.05, 4.69) is 60.9 Å². The van der Waals surface area contributed by atoms with Gasteiger partial charge in [0.1, 0.15) is 6.54 Å². The summed E-state index contributed by atoms with van der Waals surface area (Å²) in [6.07, 6.45) is 9.15. The molecule has 0 atom stereocenters. The zero-order chi connectivity index (χ0) is 23.2. The third kappa shape index (κ3) is 13.5. The van der Waals surface area contributed by atoms with Gasteiger partial charge in [-0.15, -0.1) is 5.10 Å². The summed E-state index contributed by atoms with van der Waals surface area (Å²) in [4.78, 5) is 12.1. The van der Waals surface area contributed by atoms with E-state index < -0.39 is 0 Å². The van der Waals surface area contributed by atoms with Crippen LogP contribution in [0.1, 0.15) is 78.8 Å². The zero-order valence-corrected chi connectivity index (χ0v) is 20.7. The van der Waals surface area contributed by atoms with Crippen molar-refractivity contribution < 1.29 is 9.53 Å². The second kappa shape index (κ2) is 14.5. The smallest absolute Gasteiger partial charge is 0.241 e. The maximum absolute atomic E-state index is 12.1. The lowest BCUT2D eigenvalue weighted by molar-refractivity contribution is -0.121. The van der Waals surface area contributed by atoms with Gasteiger partial charge in [-0.1, -0.05) is 25.0 Å². The van der Waals surface area contributed by atoms with E-state index in [1.165, 1.54) is 19.3 Å². The fourth-order valence-electron chi connectivity index (χ4n) is 3.15. The van der Waals surface area contributed by atoms with Gasteiger partial charge in [-0.2, -0.15) is 0 Å². The van der Waals surface area contributed by atoms with Crippen molar-refractivity contribution in [3.8, 4) is 0 Å². The monoisotopic (exact) mass is 438 g/mol. The number of nitrogens with one attached hydrogen (secondary N) is 3. The summed E-state index contributed by atoms with van der Waals surface area (Å²) >= 11 is 0. The number of hydrogen-bond acceptors (Lipinski definition) is 6. The van der Waals surface area contributed by atoms with E-state index in [9.17, 15) is 4.79 Å². The van der Waals surface area contributed by atoms with Crippen LogP contribution in [0.15, 0.2) is 6.20 Å². The maximum atomic E-state index is 12.1. The van der Waals surface area contributed by atoms with Gasteiger partial charge in [-0.05, 0) is 73.5 Å².